The van der Waals surface area contributed by atoms with Crippen LogP contribution < -0.4 is 5.32 Å². The van der Waals surface area contributed by atoms with E-state index in [2.05, 4.69) is 5.32 Å². The van der Waals surface area contributed by atoms with Crippen molar-refractivity contribution in [1.82, 2.24) is 5.32 Å². The minimum atomic E-state index is -0.149. The van der Waals surface area contributed by atoms with Crippen molar-refractivity contribution in [3.05, 3.63) is 39.9 Å². The van der Waals surface area contributed by atoms with Gasteiger partial charge in [-0.2, -0.15) is 0 Å². The normalized spacial score (nSPS) is 21.9. The standard InChI is InChI=1S/C16H19Cl2NO2/c17-14-6-4-11(15(18)8-14)5-7-16(21)19-9-12-2-1-3-13(12)10-20/h4-8,12-13,20H,1-3,9-10H2,(H,19,21). The zero-order valence-corrected chi connectivity index (χ0v) is 13.2. The lowest BCUT2D eigenvalue weighted by atomic mass is 9.97. The minimum absolute atomic E-state index is 0.149. The highest BCUT2D eigenvalue weighted by Gasteiger charge is 2.26. The lowest BCUT2D eigenvalue weighted by Crippen LogP contribution is -2.30. The van der Waals surface area contributed by atoms with E-state index in [0.717, 1.165) is 24.8 Å². The van der Waals surface area contributed by atoms with Crippen molar-refractivity contribution in [2.45, 2.75) is 19.3 Å². The number of rotatable bonds is 5. The molecule has 1 saturated carbocycles. The van der Waals surface area contributed by atoms with Gasteiger partial charge in [-0.1, -0.05) is 35.7 Å². The van der Waals surface area contributed by atoms with Gasteiger partial charge in [-0.05, 0) is 48.4 Å². The molecule has 0 bridgehead atoms. The van der Waals surface area contributed by atoms with Gasteiger partial charge < -0.3 is 10.4 Å². The molecular formula is C16H19Cl2NO2. The van der Waals surface area contributed by atoms with Crippen molar-refractivity contribution in [3.63, 3.8) is 0 Å². The zero-order valence-electron chi connectivity index (χ0n) is 11.7. The highest BCUT2D eigenvalue weighted by atomic mass is 35.5. The second-order valence-electron chi connectivity index (χ2n) is 5.38. The smallest absolute Gasteiger partial charge is 0.244 e. The van der Waals surface area contributed by atoms with Crippen LogP contribution in [0.2, 0.25) is 10.0 Å². The number of carbonyl (C=O) groups excluding carboxylic acids is 1. The Morgan fingerprint density at radius 1 is 1.33 bits per heavy atom. The summed E-state index contributed by atoms with van der Waals surface area (Å²) in [7, 11) is 0. The minimum Gasteiger partial charge on any atom is -0.396 e. The molecule has 0 saturated heterocycles. The van der Waals surface area contributed by atoms with Gasteiger partial charge in [0.2, 0.25) is 5.91 Å². The maximum absolute atomic E-state index is 11.8. The summed E-state index contributed by atoms with van der Waals surface area (Å²) < 4.78 is 0. The van der Waals surface area contributed by atoms with E-state index in [9.17, 15) is 9.90 Å². The van der Waals surface area contributed by atoms with Crippen LogP contribution in [0.5, 0.6) is 0 Å². The SMILES string of the molecule is O=C(C=Cc1ccc(Cl)cc1Cl)NCC1CCCC1CO. The topological polar surface area (TPSA) is 49.3 Å². The van der Waals surface area contributed by atoms with Crippen molar-refractivity contribution >= 4 is 35.2 Å². The lowest BCUT2D eigenvalue weighted by Gasteiger charge is -2.17. The average molecular weight is 328 g/mol. The van der Waals surface area contributed by atoms with Crippen molar-refractivity contribution in [1.29, 1.82) is 0 Å². The van der Waals surface area contributed by atoms with E-state index in [1.165, 1.54) is 6.08 Å². The number of aliphatic hydroxyl groups is 1. The van der Waals surface area contributed by atoms with Crippen LogP contribution in [0, 0.1) is 11.8 Å². The van der Waals surface area contributed by atoms with E-state index in [1.54, 1.807) is 24.3 Å². The van der Waals surface area contributed by atoms with Crippen LogP contribution in [0.3, 0.4) is 0 Å². The van der Waals surface area contributed by atoms with Gasteiger partial charge in [-0.15, -0.1) is 0 Å². The van der Waals surface area contributed by atoms with Crippen molar-refractivity contribution < 1.29 is 9.90 Å². The molecule has 1 aliphatic rings. The molecule has 2 rings (SSSR count). The van der Waals surface area contributed by atoms with Gasteiger partial charge in [0.05, 0.1) is 0 Å². The predicted octanol–water partition coefficient (Wildman–Crippen LogP) is 3.53. The van der Waals surface area contributed by atoms with Crippen molar-refractivity contribution in [3.8, 4) is 0 Å². The molecule has 1 aromatic rings. The van der Waals surface area contributed by atoms with Gasteiger partial charge in [-0.25, -0.2) is 0 Å². The molecule has 0 aromatic heterocycles. The van der Waals surface area contributed by atoms with Gasteiger partial charge >= 0.3 is 0 Å². The maximum Gasteiger partial charge on any atom is 0.244 e. The summed E-state index contributed by atoms with van der Waals surface area (Å²) in [6.45, 7) is 0.819. The van der Waals surface area contributed by atoms with E-state index in [1.807, 2.05) is 0 Å². The number of benzene rings is 1. The molecule has 1 amide bonds. The molecule has 114 valence electrons. The summed E-state index contributed by atoms with van der Waals surface area (Å²) in [4.78, 5) is 11.8. The molecule has 0 heterocycles. The summed E-state index contributed by atoms with van der Waals surface area (Å²) in [5, 5.41) is 13.2. The van der Waals surface area contributed by atoms with Gasteiger partial charge in [0.15, 0.2) is 0 Å². The van der Waals surface area contributed by atoms with Crippen LogP contribution in [0.15, 0.2) is 24.3 Å². The van der Waals surface area contributed by atoms with Crippen molar-refractivity contribution in [2.24, 2.45) is 11.8 Å². The van der Waals surface area contributed by atoms with Crippen LogP contribution in [-0.4, -0.2) is 24.2 Å². The van der Waals surface area contributed by atoms with Crippen molar-refractivity contribution in [2.75, 3.05) is 13.2 Å². The van der Waals surface area contributed by atoms with E-state index in [0.29, 0.717) is 28.4 Å². The van der Waals surface area contributed by atoms with Gasteiger partial charge in [0.25, 0.3) is 0 Å². The number of aliphatic hydroxyl groups excluding tert-OH is 1. The van der Waals surface area contributed by atoms with Gasteiger partial charge in [-0.3, -0.25) is 4.79 Å². The molecule has 0 aliphatic heterocycles. The Labute approximate surface area is 134 Å². The zero-order chi connectivity index (χ0) is 15.2. The summed E-state index contributed by atoms with van der Waals surface area (Å²) in [5.41, 5.74) is 0.755. The highest BCUT2D eigenvalue weighted by molar-refractivity contribution is 6.35. The molecule has 2 atom stereocenters. The Morgan fingerprint density at radius 3 is 2.81 bits per heavy atom. The third-order valence-corrected chi connectivity index (χ3v) is 4.53. The number of amides is 1. The Hall–Kier alpha value is -1.03. The first-order valence-corrected chi connectivity index (χ1v) is 7.87. The Kier molecular flexibility index (Phi) is 6.09. The molecule has 1 aromatic carbocycles. The first kappa shape index (κ1) is 16.3. The molecule has 3 nitrogen and oxygen atoms in total. The fourth-order valence-electron chi connectivity index (χ4n) is 2.72. The fourth-order valence-corrected chi connectivity index (χ4v) is 3.19. The molecular weight excluding hydrogens is 309 g/mol. The number of carbonyl (C=O) groups is 1. The van der Waals surface area contributed by atoms with Crippen LogP contribution in [0.1, 0.15) is 24.8 Å². The van der Waals surface area contributed by atoms with E-state index in [4.69, 9.17) is 23.2 Å². The van der Waals surface area contributed by atoms with Crippen LogP contribution in [0.25, 0.3) is 6.08 Å². The fraction of sp³-hybridized carbons (Fsp3) is 0.438. The number of nitrogens with one attached hydrogen (secondary N) is 1. The number of hydrogen-bond acceptors (Lipinski definition) is 2. The molecule has 1 aliphatic carbocycles. The molecule has 2 unspecified atom stereocenters. The summed E-state index contributed by atoms with van der Waals surface area (Å²) in [6, 6.07) is 5.15. The molecule has 0 radical (unpaired) electrons. The quantitative estimate of drug-likeness (QED) is 0.813. The molecule has 0 spiro atoms. The first-order valence-electron chi connectivity index (χ1n) is 7.12. The van der Waals surface area contributed by atoms with E-state index < -0.39 is 0 Å². The molecule has 1 fully saturated rings. The maximum atomic E-state index is 11.8. The monoisotopic (exact) mass is 327 g/mol. The Balaban J connectivity index is 1.85. The lowest BCUT2D eigenvalue weighted by molar-refractivity contribution is -0.116. The molecule has 21 heavy (non-hydrogen) atoms. The summed E-state index contributed by atoms with van der Waals surface area (Å²) >= 11 is 11.9. The third kappa shape index (κ3) is 4.73. The third-order valence-electron chi connectivity index (χ3n) is 3.97. The number of halogens is 2. The van der Waals surface area contributed by atoms with E-state index in [-0.39, 0.29) is 12.5 Å². The second kappa shape index (κ2) is 7.83. The Bertz CT molecular complexity index is 531. The van der Waals surface area contributed by atoms with Crippen LogP contribution >= 0.6 is 23.2 Å². The van der Waals surface area contributed by atoms with Crippen LogP contribution in [0.4, 0.5) is 0 Å². The van der Waals surface area contributed by atoms with Gasteiger partial charge in [0.1, 0.15) is 0 Å². The predicted molar refractivity (Wildman–Crippen MR) is 86.4 cm³/mol. The molecule has 5 heteroatoms. The highest BCUT2D eigenvalue weighted by Crippen LogP contribution is 2.30. The number of hydrogen-bond donors (Lipinski definition) is 2. The van der Waals surface area contributed by atoms with E-state index >= 15 is 0 Å². The Morgan fingerprint density at radius 2 is 2.10 bits per heavy atom. The second-order valence-corrected chi connectivity index (χ2v) is 6.22. The van der Waals surface area contributed by atoms with Crippen LogP contribution in [-0.2, 0) is 4.79 Å². The molecule has 2 N–H and O–H groups in total. The van der Waals surface area contributed by atoms with Gasteiger partial charge in [0, 0.05) is 29.3 Å². The summed E-state index contributed by atoms with van der Waals surface area (Å²) in [6.07, 6.45) is 6.39. The first-order chi connectivity index (χ1) is 10.1. The largest absolute Gasteiger partial charge is 0.396 e. The summed E-state index contributed by atoms with van der Waals surface area (Å²) in [5.74, 6) is 0.552. The average Bonchev–Trinajstić information content (AvgIpc) is 2.91.